The fraction of sp³-hybridized carbons (Fsp3) is 0.500. The van der Waals surface area contributed by atoms with Gasteiger partial charge < -0.3 is 9.64 Å². The Morgan fingerprint density at radius 1 is 0.929 bits per heavy atom. The van der Waals surface area contributed by atoms with Crippen LogP contribution in [0.15, 0.2) is 49.1 Å². The van der Waals surface area contributed by atoms with Crippen LogP contribution in [0, 0.1) is 0 Å². The average molecular weight is 380 g/mol. The largest absolute Gasteiger partial charge is 0.375 e. The van der Waals surface area contributed by atoms with Crippen LogP contribution in [0.25, 0.3) is 0 Å². The van der Waals surface area contributed by atoms with Gasteiger partial charge in [-0.25, -0.2) is 0 Å². The lowest BCUT2D eigenvalue weighted by molar-refractivity contribution is -0.0629. The molecular formula is C22H28N4O2. The molecule has 4 rings (SSSR count). The molecule has 2 aromatic heterocycles. The summed E-state index contributed by atoms with van der Waals surface area (Å²) in [6.45, 7) is 4.63. The summed E-state index contributed by atoms with van der Waals surface area (Å²) in [6.07, 6.45) is 11.7. The summed E-state index contributed by atoms with van der Waals surface area (Å²) < 4.78 is 6.38. The third kappa shape index (κ3) is 4.94. The molecule has 6 heteroatoms. The molecule has 2 aliphatic rings. The maximum absolute atomic E-state index is 12.5. The number of pyridine rings is 2. The number of rotatable bonds is 5. The van der Waals surface area contributed by atoms with Crippen molar-refractivity contribution in [3.63, 3.8) is 0 Å². The monoisotopic (exact) mass is 380 g/mol. The summed E-state index contributed by atoms with van der Waals surface area (Å²) in [5.74, 6) is 0.0789. The smallest absolute Gasteiger partial charge is 0.255 e. The molecule has 0 N–H and O–H groups in total. The number of hydrogen-bond donors (Lipinski definition) is 0. The van der Waals surface area contributed by atoms with Crippen LogP contribution in [0.5, 0.6) is 0 Å². The first kappa shape index (κ1) is 19.0. The molecule has 2 aromatic rings. The van der Waals surface area contributed by atoms with Gasteiger partial charge in [0.2, 0.25) is 0 Å². The van der Waals surface area contributed by atoms with E-state index in [1.165, 1.54) is 5.56 Å². The summed E-state index contributed by atoms with van der Waals surface area (Å²) in [5.41, 5.74) is 1.94. The van der Waals surface area contributed by atoms with E-state index >= 15 is 0 Å². The van der Waals surface area contributed by atoms with Gasteiger partial charge >= 0.3 is 0 Å². The summed E-state index contributed by atoms with van der Waals surface area (Å²) >= 11 is 0. The van der Waals surface area contributed by atoms with Crippen molar-refractivity contribution in [1.82, 2.24) is 19.8 Å². The number of ether oxygens (including phenoxy) is 1. The van der Waals surface area contributed by atoms with E-state index in [1.807, 2.05) is 35.5 Å². The van der Waals surface area contributed by atoms with E-state index in [2.05, 4.69) is 20.9 Å². The second-order valence-corrected chi connectivity index (χ2v) is 7.71. The van der Waals surface area contributed by atoms with Crippen LogP contribution in [0.1, 0.15) is 41.6 Å². The molecule has 0 saturated carbocycles. The number of piperidine rings is 2. The summed E-state index contributed by atoms with van der Waals surface area (Å²) in [5, 5.41) is 0. The van der Waals surface area contributed by atoms with Crippen molar-refractivity contribution in [2.75, 3.05) is 26.2 Å². The number of hydrogen-bond acceptors (Lipinski definition) is 5. The molecule has 1 amide bonds. The minimum absolute atomic E-state index is 0.0789. The first-order chi connectivity index (χ1) is 13.8. The highest BCUT2D eigenvalue weighted by atomic mass is 16.5. The van der Waals surface area contributed by atoms with Gasteiger partial charge in [0, 0.05) is 57.5 Å². The lowest BCUT2D eigenvalue weighted by Crippen LogP contribution is -2.43. The van der Waals surface area contributed by atoms with Gasteiger partial charge in [-0.2, -0.15) is 0 Å². The first-order valence-electron chi connectivity index (χ1n) is 10.2. The molecule has 0 radical (unpaired) electrons. The van der Waals surface area contributed by atoms with E-state index in [0.29, 0.717) is 11.7 Å². The molecule has 0 atom stereocenters. The van der Waals surface area contributed by atoms with Gasteiger partial charge in [-0.1, -0.05) is 6.07 Å². The second kappa shape index (κ2) is 9.26. The maximum atomic E-state index is 12.5. The Hall–Kier alpha value is -2.31. The molecule has 2 fully saturated rings. The Morgan fingerprint density at radius 2 is 1.57 bits per heavy atom. The Labute approximate surface area is 166 Å². The summed E-state index contributed by atoms with van der Waals surface area (Å²) in [6, 6.07) is 7.77. The molecule has 0 aromatic carbocycles. The lowest BCUT2D eigenvalue weighted by Gasteiger charge is -2.37. The highest BCUT2D eigenvalue weighted by Crippen LogP contribution is 2.22. The van der Waals surface area contributed by atoms with Crippen LogP contribution in [-0.4, -0.2) is 64.1 Å². The zero-order chi connectivity index (χ0) is 19.2. The highest BCUT2D eigenvalue weighted by molar-refractivity contribution is 5.93. The van der Waals surface area contributed by atoms with Crippen LogP contribution < -0.4 is 0 Å². The quantitative estimate of drug-likeness (QED) is 0.798. The minimum atomic E-state index is 0.0789. The Morgan fingerprint density at radius 3 is 2.18 bits per heavy atom. The van der Waals surface area contributed by atoms with Crippen molar-refractivity contribution in [3.8, 4) is 0 Å². The van der Waals surface area contributed by atoms with Crippen molar-refractivity contribution >= 4 is 5.91 Å². The van der Waals surface area contributed by atoms with E-state index in [4.69, 9.17) is 4.74 Å². The van der Waals surface area contributed by atoms with Gasteiger partial charge in [-0.3, -0.25) is 19.7 Å². The second-order valence-electron chi connectivity index (χ2n) is 7.71. The van der Waals surface area contributed by atoms with E-state index in [1.54, 1.807) is 12.4 Å². The first-order valence-corrected chi connectivity index (χ1v) is 10.2. The molecule has 4 heterocycles. The summed E-state index contributed by atoms with van der Waals surface area (Å²) in [4.78, 5) is 25.2. The van der Waals surface area contributed by atoms with Crippen LogP contribution in [0.2, 0.25) is 0 Å². The zero-order valence-corrected chi connectivity index (χ0v) is 16.2. The van der Waals surface area contributed by atoms with Gasteiger partial charge in [-0.05, 0) is 49.4 Å². The Bertz CT molecular complexity index is 740. The van der Waals surface area contributed by atoms with Crippen LogP contribution in [0.3, 0.4) is 0 Å². The number of carbonyl (C=O) groups is 1. The van der Waals surface area contributed by atoms with Crippen molar-refractivity contribution in [2.24, 2.45) is 0 Å². The van der Waals surface area contributed by atoms with Crippen molar-refractivity contribution in [2.45, 2.75) is 44.4 Å². The fourth-order valence-corrected chi connectivity index (χ4v) is 4.09. The fourth-order valence-electron chi connectivity index (χ4n) is 4.09. The van der Waals surface area contributed by atoms with Crippen LogP contribution >= 0.6 is 0 Å². The molecule has 28 heavy (non-hydrogen) atoms. The Kier molecular flexibility index (Phi) is 6.29. The van der Waals surface area contributed by atoms with Crippen molar-refractivity contribution < 1.29 is 9.53 Å². The molecule has 6 nitrogen and oxygen atoms in total. The third-order valence-electron chi connectivity index (χ3n) is 5.69. The summed E-state index contributed by atoms with van der Waals surface area (Å²) in [7, 11) is 0. The molecule has 2 aliphatic heterocycles. The molecule has 0 bridgehead atoms. The predicted octanol–water partition coefficient (Wildman–Crippen LogP) is 2.76. The SMILES string of the molecule is O=C(c1cccnc1)N1CCC(OC2CCN(Cc3cccnc3)CC2)CC1. The van der Waals surface area contributed by atoms with Gasteiger partial charge in [0.25, 0.3) is 5.91 Å². The highest BCUT2D eigenvalue weighted by Gasteiger charge is 2.28. The standard InChI is InChI=1S/C22H28N4O2/c27-22(19-4-2-10-24-16-19)26-13-7-21(8-14-26)28-20-5-11-25(12-6-20)17-18-3-1-9-23-15-18/h1-4,9-10,15-16,20-21H,5-8,11-14,17H2. The van der Waals surface area contributed by atoms with Crippen LogP contribution in [0.4, 0.5) is 0 Å². The van der Waals surface area contributed by atoms with E-state index in [-0.39, 0.29) is 12.0 Å². The number of nitrogens with zero attached hydrogens (tertiary/aromatic N) is 4. The Balaban J connectivity index is 1.18. The lowest BCUT2D eigenvalue weighted by atomic mass is 10.0. The van der Waals surface area contributed by atoms with Crippen LogP contribution in [-0.2, 0) is 11.3 Å². The predicted molar refractivity (Wildman–Crippen MR) is 107 cm³/mol. The molecule has 148 valence electrons. The number of carbonyl (C=O) groups excluding carboxylic acids is 1. The van der Waals surface area contributed by atoms with Gasteiger partial charge in [0.1, 0.15) is 0 Å². The molecule has 0 aliphatic carbocycles. The molecule has 2 saturated heterocycles. The van der Waals surface area contributed by atoms with Crippen molar-refractivity contribution in [1.29, 1.82) is 0 Å². The molecule has 0 spiro atoms. The van der Waals surface area contributed by atoms with E-state index in [0.717, 1.165) is 58.4 Å². The van der Waals surface area contributed by atoms with Gasteiger partial charge in [0.15, 0.2) is 0 Å². The molecule has 0 unspecified atom stereocenters. The van der Waals surface area contributed by atoms with E-state index < -0.39 is 0 Å². The van der Waals surface area contributed by atoms with E-state index in [9.17, 15) is 4.79 Å². The maximum Gasteiger partial charge on any atom is 0.255 e. The normalized spacial score (nSPS) is 19.6. The third-order valence-corrected chi connectivity index (χ3v) is 5.69. The molecular weight excluding hydrogens is 352 g/mol. The number of likely N-dealkylation sites (tertiary alicyclic amines) is 2. The number of aromatic nitrogens is 2. The zero-order valence-electron chi connectivity index (χ0n) is 16.2. The van der Waals surface area contributed by atoms with Gasteiger partial charge in [0.05, 0.1) is 17.8 Å². The topological polar surface area (TPSA) is 58.6 Å². The average Bonchev–Trinajstić information content (AvgIpc) is 2.76. The minimum Gasteiger partial charge on any atom is -0.375 e. The van der Waals surface area contributed by atoms with Crippen molar-refractivity contribution in [3.05, 3.63) is 60.2 Å². The van der Waals surface area contributed by atoms with Gasteiger partial charge in [-0.15, -0.1) is 0 Å². The number of amides is 1.